The molecule has 0 fully saturated rings. The topological polar surface area (TPSA) is 49.7 Å². The van der Waals surface area contributed by atoms with Crippen LogP contribution in [0, 0.1) is 5.82 Å². The standard InChI is InChI=1S/C13H11BClFO3/c15-13-9(4-3-6-11(13)16)8-19-12-7-2-1-5-10(12)14(17)18/h1-7,17-18H,8H2. The van der Waals surface area contributed by atoms with Crippen LogP contribution in [-0.2, 0) is 6.61 Å². The molecule has 6 heteroatoms. The van der Waals surface area contributed by atoms with E-state index in [2.05, 4.69) is 0 Å². The molecule has 0 aliphatic heterocycles. The van der Waals surface area contributed by atoms with Gasteiger partial charge < -0.3 is 14.8 Å². The van der Waals surface area contributed by atoms with Crippen molar-refractivity contribution in [2.45, 2.75) is 6.61 Å². The summed E-state index contributed by atoms with van der Waals surface area (Å²) >= 11 is 5.81. The van der Waals surface area contributed by atoms with Gasteiger partial charge in [0.2, 0.25) is 0 Å². The zero-order chi connectivity index (χ0) is 13.8. The minimum Gasteiger partial charge on any atom is -0.489 e. The summed E-state index contributed by atoms with van der Waals surface area (Å²) in [4.78, 5) is 0. The molecule has 3 nitrogen and oxygen atoms in total. The van der Waals surface area contributed by atoms with Crippen LogP contribution in [0.25, 0.3) is 0 Å². The molecule has 0 atom stereocenters. The van der Waals surface area contributed by atoms with Gasteiger partial charge in [-0.1, -0.05) is 41.9 Å². The third kappa shape index (κ3) is 3.26. The molecule has 19 heavy (non-hydrogen) atoms. The van der Waals surface area contributed by atoms with Gasteiger partial charge >= 0.3 is 7.12 Å². The lowest BCUT2D eigenvalue weighted by atomic mass is 9.79. The number of halogens is 2. The molecule has 0 radical (unpaired) electrons. The van der Waals surface area contributed by atoms with Gasteiger partial charge in [0, 0.05) is 11.0 Å². The van der Waals surface area contributed by atoms with Crippen LogP contribution in [0.2, 0.25) is 5.02 Å². The quantitative estimate of drug-likeness (QED) is 0.839. The first-order valence-electron chi connectivity index (χ1n) is 5.60. The normalized spacial score (nSPS) is 10.3. The summed E-state index contributed by atoms with van der Waals surface area (Å²) in [6, 6.07) is 10.9. The molecule has 98 valence electrons. The molecule has 0 heterocycles. The number of hydrogen-bond donors (Lipinski definition) is 2. The van der Waals surface area contributed by atoms with E-state index in [1.54, 1.807) is 24.3 Å². The Morgan fingerprint density at radius 3 is 2.58 bits per heavy atom. The van der Waals surface area contributed by atoms with E-state index in [1.165, 1.54) is 18.2 Å². The highest BCUT2D eigenvalue weighted by atomic mass is 35.5. The van der Waals surface area contributed by atoms with Crippen molar-refractivity contribution in [2.75, 3.05) is 0 Å². The van der Waals surface area contributed by atoms with Crippen molar-refractivity contribution >= 4 is 24.2 Å². The average molecular weight is 280 g/mol. The first-order valence-corrected chi connectivity index (χ1v) is 5.98. The molecule has 0 amide bonds. The summed E-state index contributed by atoms with van der Waals surface area (Å²) in [6.45, 7) is 0.0420. The summed E-state index contributed by atoms with van der Waals surface area (Å²) in [5.41, 5.74) is 0.735. The minimum atomic E-state index is -1.63. The van der Waals surface area contributed by atoms with Gasteiger partial charge in [-0.2, -0.15) is 0 Å². The predicted molar refractivity (Wildman–Crippen MR) is 72.0 cm³/mol. The molecule has 0 bridgehead atoms. The lowest BCUT2D eigenvalue weighted by molar-refractivity contribution is 0.306. The van der Waals surface area contributed by atoms with E-state index in [9.17, 15) is 14.4 Å². The summed E-state index contributed by atoms with van der Waals surface area (Å²) in [5.74, 6) is -0.198. The molecule has 0 aromatic heterocycles. The second-order valence-electron chi connectivity index (χ2n) is 3.91. The Hall–Kier alpha value is -1.56. The van der Waals surface area contributed by atoms with Gasteiger partial charge in [0.1, 0.15) is 18.2 Å². The molecule has 0 aliphatic rings. The first-order chi connectivity index (χ1) is 9.09. The summed E-state index contributed by atoms with van der Waals surface area (Å²) in [5, 5.41) is 18.4. The first kappa shape index (κ1) is 13.9. The fourth-order valence-electron chi connectivity index (χ4n) is 1.64. The zero-order valence-electron chi connectivity index (χ0n) is 9.88. The summed E-state index contributed by atoms with van der Waals surface area (Å²) in [6.07, 6.45) is 0. The van der Waals surface area contributed by atoms with Gasteiger partial charge in [0.05, 0.1) is 5.02 Å². The third-order valence-electron chi connectivity index (χ3n) is 2.61. The Morgan fingerprint density at radius 1 is 1.11 bits per heavy atom. The number of hydrogen-bond acceptors (Lipinski definition) is 3. The van der Waals surface area contributed by atoms with E-state index in [0.717, 1.165) is 0 Å². The summed E-state index contributed by atoms with van der Waals surface area (Å²) < 4.78 is 18.7. The highest BCUT2D eigenvalue weighted by molar-refractivity contribution is 6.59. The molecular weight excluding hydrogens is 269 g/mol. The largest absolute Gasteiger partial charge is 0.492 e. The second kappa shape index (κ2) is 6.06. The van der Waals surface area contributed by atoms with Crippen molar-refractivity contribution in [2.24, 2.45) is 0 Å². The molecule has 0 unspecified atom stereocenters. The number of para-hydroxylation sites is 1. The van der Waals surface area contributed by atoms with Crippen molar-refractivity contribution in [1.29, 1.82) is 0 Å². The van der Waals surface area contributed by atoms with Gasteiger partial charge in [-0.3, -0.25) is 0 Å². The van der Waals surface area contributed by atoms with Crippen LogP contribution in [0.5, 0.6) is 5.75 Å². The maximum absolute atomic E-state index is 13.2. The van der Waals surface area contributed by atoms with E-state index in [4.69, 9.17) is 16.3 Å². The van der Waals surface area contributed by atoms with Gasteiger partial charge in [-0.15, -0.1) is 0 Å². The van der Waals surface area contributed by atoms with Crippen LogP contribution in [0.1, 0.15) is 5.56 Å². The Kier molecular flexibility index (Phi) is 4.42. The van der Waals surface area contributed by atoms with E-state index in [-0.39, 0.29) is 17.1 Å². The minimum absolute atomic E-state index is 0.00419. The van der Waals surface area contributed by atoms with Crippen LogP contribution in [0.3, 0.4) is 0 Å². The Bertz CT molecular complexity index is 578. The number of ether oxygens (including phenoxy) is 1. The highest BCUT2D eigenvalue weighted by Crippen LogP contribution is 2.21. The molecular formula is C13H11BClFO3. The van der Waals surface area contributed by atoms with E-state index < -0.39 is 12.9 Å². The smallest absolute Gasteiger partial charge is 0.489 e. The lowest BCUT2D eigenvalue weighted by Gasteiger charge is -2.11. The van der Waals surface area contributed by atoms with E-state index >= 15 is 0 Å². The maximum Gasteiger partial charge on any atom is 0.492 e. The molecule has 2 aromatic rings. The molecule has 2 aromatic carbocycles. The maximum atomic E-state index is 13.2. The van der Waals surface area contributed by atoms with Crippen molar-refractivity contribution in [3.63, 3.8) is 0 Å². The molecule has 0 saturated carbocycles. The van der Waals surface area contributed by atoms with Crippen molar-refractivity contribution in [3.05, 3.63) is 58.9 Å². The molecule has 2 rings (SSSR count). The van der Waals surface area contributed by atoms with Crippen molar-refractivity contribution < 1.29 is 19.2 Å². The Morgan fingerprint density at radius 2 is 1.84 bits per heavy atom. The van der Waals surface area contributed by atoms with E-state index in [1.807, 2.05) is 0 Å². The zero-order valence-corrected chi connectivity index (χ0v) is 10.6. The Labute approximate surface area is 115 Å². The van der Waals surface area contributed by atoms with Crippen LogP contribution in [-0.4, -0.2) is 17.2 Å². The molecule has 0 aliphatic carbocycles. The van der Waals surface area contributed by atoms with Gasteiger partial charge in [-0.25, -0.2) is 4.39 Å². The van der Waals surface area contributed by atoms with Crippen molar-refractivity contribution in [3.8, 4) is 5.75 Å². The van der Waals surface area contributed by atoms with Crippen LogP contribution in [0.4, 0.5) is 4.39 Å². The predicted octanol–water partition coefficient (Wildman–Crippen LogP) is 1.74. The number of rotatable bonds is 4. The summed E-state index contributed by atoms with van der Waals surface area (Å²) in [7, 11) is -1.63. The Balaban J connectivity index is 2.17. The van der Waals surface area contributed by atoms with Crippen molar-refractivity contribution in [1.82, 2.24) is 0 Å². The SMILES string of the molecule is OB(O)c1ccccc1OCc1cccc(F)c1Cl. The second-order valence-corrected chi connectivity index (χ2v) is 4.29. The number of benzene rings is 2. The van der Waals surface area contributed by atoms with Crippen LogP contribution in [0.15, 0.2) is 42.5 Å². The van der Waals surface area contributed by atoms with Gasteiger partial charge in [0.15, 0.2) is 0 Å². The van der Waals surface area contributed by atoms with Crippen LogP contribution < -0.4 is 10.2 Å². The molecule has 0 saturated heterocycles. The van der Waals surface area contributed by atoms with Gasteiger partial charge in [0.25, 0.3) is 0 Å². The molecule has 0 spiro atoms. The monoisotopic (exact) mass is 280 g/mol. The van der Waals surface area contributed by atoms with Gasteiger partial charge in [-0.05, 0) is 12.1 Å². The van der Waals surface area contributed by atoms with E-state index in [0.29, 0.717) is 11.3 Å². The molecule has 2 N–H and O–H groups in total. The fraction of sp³-hybridized carbons (Fsp3) is 0.0769. The third-order valence-corrected chi connectivity index (χ3v) is 3.04. The highest BCUT2D eigenvalue weighted by Gasteiger charge is 2.16. The average Bonchev–Trinajstić information content (AvgIpc) is 2.40. The fourth-order valence-corrected chi connectivity index (χ4v) is 1.82. The van der Waals surface area contributed by atoms with Crippen LogP contribution >= 0.6 is 11.6 Å². The lowest BCUT2D eigenvalue weighted by Crippen LogP contribution is -2.31.